The second-order valence-corrected chi connectivity index (χ2v) is 7.33. The van der Waals surface area contributed by atoms with Gasteiger partial charge in [-0.3, -0.25) is 0 Å². The number of aliphatic hydroxyl groups is 1. The highest BCUT2D eigenvalue weighted by atomic mass is 32.2. The van der Waals surface area contributed by atoms with E-state index in [9.17, 15) is 18.3 Å². The van der Waals surface area contributed by atoms with Gasteiger partial charge in [0.05, 0.1) is 5.60 Å². The van der Waals surface area contributed by atoms with E-state index in [1.807, 2.05) is 0 Å². The van der Waals surface area contributed by atoms with Gasteiger partial charge in [0.15, 0.2) is 0 Å². The molecule has 2 N–H and O–H groups in total. The molecule has 0 bridgehead atoms. The Morgan fingerprint density at radius 1 is 1.56 bits per heavy atom. The van der Waals surface area contributed by atoms with Gasteiger partial charge in [-0.25, -0.2) is 13.2 Å². The van der Waals surface area contributed by atoms with E-state index in [0.29, 0.717) is 6.42 Å². The molecule has 0 spiro atoms. The van der Waals surface area contributed by atoms with Crippen LogP contribution in [0.3, 0.4) is 0 Å². The second-order valence-electron chi connectivity index (χ2n) is 4.50. The summed E-state index contributed by atoms with van der Waals surface area (Å²) in [6, 6.07) is 1.29. The van der Waals surface area contributed by atoms with Gasteiger partial charge in [-0.1, -0.05) is 0 Å². The molecule has 8 heteroatoms. The Hall–Kier alpha value is -0.960. The van der Waals surface area contributed by atoms with E-state index in [4.69, 9.17) is 5.11 Å². The zero-order valence-electron chi connectivity index (χ0n) is 9.66. The molecule has 1 fully saturated rings. The van der Waals surface area contributed by atoms with E-state index in [2.05, 4.69) is 0 Å². The number of carbonyl (C=O) groups is 1. The van der Waals surface area contributed by atoms with Gasteiger partial charge in [-0.15, -0.1) is 11.3 Å². The largest absolute Gasteiger partial charge is 0.477 e. The van der Waals surface area contributed by atoms with E-state index in [-0.39, 0.29) is 22.9 Å². The Labute approximate surface area is 109 Å². The number of carboxylic acids is 1. The molecule has 0 aromatic carbocycles. The average Bonchev–Trinajstić information content (AvgIpc) is 2.83. The number of β-amino-alcohol motifs (C(OH)–C–C–N with tert-alkyl or cyclic N) is 1. The summed E-state index contributed by atoms with van der Waals surface area (Å²) in [4.78, 5) is 10.6. The van der Waals surface area contributed by atoms with Gasteiger partial charge in [0.1, 0.15) is 9.77 Å². The molecule has 2 heterocycles. The number of thiophene rings is 1. The Morgan fingerprint density at radius 2 is 2.22 bits per heavy atom. The van der Waals surface area contributed by atoms with Crippen molar-refractivity contribution in [1.29, 1.82) is 0 Å². The molecular weight excluding hydrogens is 278 g/mol. The topological polar surface area (TPSA) is 94.9 Å². The lowest BCUT2D eigenvalue weighted by atomic mass is 10.1. The molecule has 1 unspecified atom stereocenters. The van der Waals surface area contributed by atoms with Crippen LogP contribution in [0.1, 0.15) is 23.0 Å². The molecule has 0 amide bonds. The van der Waals surface area contributed by atoms with Gasteiger partial charge in [0.25, 0.3) is 0 Å². The van der Waals surface area contributed by atoms with Gasteiger partial charge in [0.2, 0.25) is 10.0 Å². The maximum Gasteiger partial charge on any atom is 0.347 e. The van der Waals surface area contributed by atoms with Gasteiger partial charge >= 0.3 is 5.97 Å². The maximum absolute atomic E-state index is 12.3. The van der Waals surface area contributed by atoms with Crippen LogP contribution >= 0.6 is 11.3 Å². The molecule has 1 aromatic rings. The standard InChI is InChI=1S/C10H13NO5S2/c1-10(14)3-4-11(6-10)18(15,16)7-2-5-17-8(7)9(12)13/h2,5,14H,3-4,6H2,1H3,(H,12,13). The van der Waals surface area contributed by atoms with Crippen LogP contribution in [0.2, 0.25) is 0 Å². The summed E-state index contributed by atoms with van der Waals surface area (Å²) in [6.45, 7) is 1.75. The van der Waals surface area contributed by atoms with Gasteiger partial charge in [-0.2, -0.15) is 4.31 Å². The van der Waals surface area contributed by atoms with Crippen LogP contribution in [-0.4, -0.2) is 47.6 Å². The van der Waals surface area contributed by atoms with Crippen LogP contribution in [-0.2, 0) is 10.0 Å². The first kappa shape index (κ1) is 13.5. The van der Waals surface area contributed by atoms with Crippen molar-refractivity contribution in [2.24, 2.45) is 0 Å². The molecule has 1 aromatic heterocycles. The van der Waals surface area contributed by atoms with Crippen molar-refractivity contribution in [3.63, 3.8) is 0 Å². The molecule has 0 radical (unpaired) electrons. The van der Waals surface area contributed by atoms with Crippen LogP contribution in [0, 0.1) is 0 Å². The van der Waals surface area contributed by atoms with Crippen molar-refractivity contribution in [2.75, 3.05) is 13.1 Å². The van der Waals surface area contributed by atoms with E-state index < -0.39 is 21.6 Å². The van der Waals surface area contributed by atoms with E-state index >= 15 is 0 Å². The molecule has 1 aliphatic heterocycles. The summed E-state index contributed by atoms with van der Waals surface area (Å²) >= 11 is 0.875. The highest BCUT2D eigenvalue weighted by molar-refractivity contribution is 7.89. The predicted octanol–water partition coefficient (Wildman–Crippen LogP) is 0.592. The summed E-state index contributed by atoms with van der Waals surface area (Å²) in [6.07, 6.45) is 0.346. The molecule has 1 aliphatic rings. The monoisotopic (exact) mass is 291 g/mol. The molecule has 0 saturated carbocycles. The molecule has 0 aliphatic carbocycles. The first-order valence-electron chi connectivity index (χ1n) is 5.27. The fourth-order valence-corrected chi connectivity index (χ4v) is 4.70. The third-order valence-corrected chi connectivity index (χ3v) is 5.78. The Bertz CT molecular complexity index is 575. The summed E-state index contributed by atoms with van der Waals surface area (Å²) in [5.74, 6) is -1.26. The summed E-state index contributed by atoms with van der Waals surface area (Å²) in [5.41, 5.74) is -1.05. The zero-order chi connectivity index (χ0) is 13.6. The van der Waals surface area contributed by atoms with Crippen LogP contribution in [0.15, 0.2) is 16.3 Å². The molecule has 100 valence electrons. The van der Waals surface area contributed by atoms with Crippen molar-refractivity contribution in [2.45, 2.75) is 23.8 Å². The number of hydrogen-bond donors (Lipinski definition) is 2. The van der Waals surface area contributed by atoms with Crippen LogP contribution in [0.25, 0.3) is 0 Å². The third kappa shape index (κ3) is 2.28. The Balaban J connectivity index is 2.38. The number of nitrogens with zero attached hydrogens (tertiary/aromatic N) is 1. The number of aromatic carboxylic acids is 1. The molecular formula is C10H13NO5S2. The van der Waals surface area contributed by atoms with Crippen LogP contribution in [0.5, 0.6) is 0 Å². The quantitative estimate of drug-likeness (QED) is 0.850. The third-order valence-electron chi connectivity index (χ3n) is 2.86. The van der Waals surface area contributed by atoms with Crippen molar-refractivity contribution >= 4 is 27.3 Å². The van der Waals surface area contributed by atoms with E-state index in [0.717, 1.165) is 15.6 Å². The molecule has 1 atom stereocenters. The fourth-order valence-electron chi connectivity index (χ4n) is 1.90. The van der Waals surface area contributed by atoms with Crippen molar-refractivity contribution in [3.05, 3.63) is 16.3 Å². The SMILES string of the molecule is CC1(O)CCN(S(=O)(=O)c2ccsc2C(=O)O)C1. The van der Waals surface area contributed by atoms with E-state index in [1.54, 1.807) is 6.92 Å². The van der Waals surface area contributed by atoms with Crippen molar-refractivity contribution in [3.8, 4) is 0 Å². The highest BCUT2D eigenvalue weighted by Crippen LogP contribution is 2.30. The second kappa shape index (κ2) is 4.30. The average molecular weight is 291 g/mol. The number of rotatable bonds is 3. The highest BCUT2D eigenvalue weighted by Gasteiger charge is 2.40. The summed E-state index contributed by atoms with van der Waals surface area (Å²) < 4.78 is 25.7. The molecule has 2 rings (SSSR count). The van der Waals surface area contributed by atoms with Gasteiger partial charge in [-0.05, 0) is 24.8 Å². The normalized spacial score (nSPS) is 25.4. The first-order valence-corrected chi connectivity index (χ1v) is 7.59. The minimum Gasteiger partial charge on any atom is -0.477 e. The molecule has 6 nitrogen and oxygen atoms in total. The number of carboxylic acid groups (broad SMARTS) is 1. The predicted molar refractivity (Wildman–Crippen MR) is 65.3 cm³/mol. The van der Waals surface area contributed by atoms with Crippen LogP contribution < -0.4 is 0 Å². The smallest absolute Gasteiger partial charge is 0.347 e. The van der Waals surface area contributed by atoms with Crippen molar-refractivity contribution in [1.82, 2.24) is 4.31 Å². The zero-order valence-corrected chi connectivity index (χ0v) is 11.3. The number of sulfonamides is 1. The van der Waals surface area contributed by atoms with E-state index in [1.165, 1.54) is 11.4 Å². The minimum absolute atomic E-state index is 0.00968. The van der Waals surface area contributed by atoms with Gasteiger partial charge < -0.3 is 10.2 Å². The Morgan fingerprint density at radius 3 is 2.72 bits per heavy atom. The lowest BCUT2D eigenvalue weighted by molar-refractivity contribution is 0.0698. The molecule has 18 heavy (non-hydrogen) atoms. The maximum atomic E-state index is 12.3. The Kier molecular flexibility index (Phi) is 3.22. The van der Waals surface area contributed by atoms with Crippen molar-refractivity contribution < 1.29 is 23.4 Å². The lowest BCUT2D eigenvalue weighted by Crippen LogP contribution is -2.34. The minimum atomic E-state index is -3.84. The van der Waals surface area contributed by atoms with Crippen LogP contribution in [0.4, 0.5) is 0 Å². The summed E-state index contributed by atoms with van der Waals surface area (Å²) in [5, 5.41) is 20.2. The summed E-state index contributed by atoms with van der Waals surface area (Å²) in [7, 11) is -3.84. The fraction of sp³-hybridized carbons (Fsp3) is 0.500. The first-order chi connectivity index (χ1) is 8.24. The lowest BCUT2D eigenvalue weighted by Gasteiger charge is -2.18. The molecule has 1 saturated heterocycles. The number of hydrogen-bond acceptors (Lipinski definition) is 5. The van der Waals surface area contributed by atoms with Gasteiger partial charge in [0, 0.05) is 13.1 Å².